The number of aryl methyl sites for hydroxylation is 1. The second-order valence-electron chi connectivity index (χ2n) is 2.22. The van der Waals surface area contributed by atoms with E-state index in [0.29, 0.717) is 5.69 Å². The van der Waals surface area contributed by atoms with Crippen LogP contribution in [0.3, 0.4) is 0 Å². The minimum Gasteiger partial charge on any atom is -0.465 e. The molecule has 0 bridgehead atoms. The molecule has 0 atom stereocenters. The van der Waals surface area contributed by atoms with Crippen LogP contribution < -0.4 is 5.69 Å². The van der Waals surface area contributed by atoms with E-state index in [-0.39, 0.29) is 5.56 Å². The molecule has 0 amide bonds. The van der Waals surface area contributed by atoms with Crippen LogP contribution in [-0.4, -0.2) is 23.0 Å². The van der Waals surface area contributed by atoms with Crippen LogP contribution in [0.1, 0.15) is 16.1 Å². The first-order valence-corrected chi connectivity index (χ1v) is 3.29. The van der Waals surface area contributed by atoms with Gasteiger partial charge in [0.15, 0.2) is 0 Å². The largest absolute Gasteiger partial charge is 0.465 e. The van der Waals surface area contributed by atoms with E-state index < -0.39 is 11.7 Å². The van der Waals surface area contributed by atoms with Crippen LogP contribution in [0.2, 0.25) is 0 Å². The highest BCUT2D eigenvalue weighted by Gasteiger charge is 2.09. The van der Waals surface area contributed by atoms with Crippen molar-refractivity contribution in [3.63, 3.8) is 0 Å². The summed E-state index contributed by atoms with van der Waals surface area (Å²) in [5.74, 6) is -0.503. The number of methoxy groups -OCH3 is 1. The van der Waals surface area contributed by atoms with Crippen molar-refractivity contribution in [2.45, 2.75) is 6.92 Å². The van der Waals surface area contributed by atoms with E-state index in [4.69, 9.17) is 0 Å². The molecule has 1 N–H and O–H groups in total. The van der Waals surface area contributed by atoms with Gasteiger partial charge in [-0.1, -0.05) is 0 Å². The summed E-state index contributed by atoms with van der Waals surface area (Å²) in [4.78, 5) is 27.4. The molecule has 0 saturated heterocycles. The third-order valence-electron chi connectivity index (χ3n) is 1.41. The summed E-state index contributed by atoms with van der Waals surface area (Å²) in [7, 11) is 1.27. The minimum absolute atomic E-state index is 0.275. The first kappa shape index (κ1) is 8.45. The fourth-order valence-electron chi connectivity index (χ4n) is 0.796. The van der Waals surface area contributed by atoms with E-state index in [1.165, 1.54) is 13.3 Å². The fraction of sp³-hybridized carbons (Fsp3) is 0.286. The van der Waals surface area contributed by atoms with Gasteiger partial charge in [-0.15, -0.1) is 0 Å². The molecule has 1 heterocycles. The molecular formula is C7H8N2O3. The Bertz CT molecular complexity index is 356. The van der Waals surface area contributed by atoms with Crippen molar-refractivity contribution in [3.05, 3.63) is 27.9 Å². The Labute approximate surface area is 68.4 Å². The van der Waals surface area contributed by atoms with Crippen LogP contribution >= 0.6 is 0 Å². The molecule has 5 heteroatoms. The van der Waals surface area contributed by atoms with Gasteiger partial charge >= 0.3 is 11.7 Å². The Kier molecular flexibility index (Phi) is 2.23. The zero-order valence-corrected chi connectivity index (χ0v) is 6.75. The monoisotopic (exact) mass is 168 g/mol. The van der Waals surface area contributed by atoms with E-state index >= 15 is 0 Å². The molecule has 1 rings (SSSR count). The summed E-state index contributed by atoms with van der Waals surface area (Å²) < 4.78 is 4.46. The smallest absolute Gasteiger partial charge is 0.345 e. The van der Waals surface area contributed by atoms with Crippen LogP contribution in [0.4, 0.5) is 0 Å². The van der Waals surface area contributed by atoms with Crippen molar-refractivity contribution < 1.29 is 9.53 Å². The van der Waals surface area contributed by atoms with E-state index in [1.807, 2.05) is 0 Å². The maximum Gasteiger partial charge on any atom is 0.345 e. The summed E-state index contributed by atoms with van der Waals surface area (Å²) in [6.07, 6.45) is 1.19. The molecule has 0 unspecified atom stereocenters. The zero-order valence-electron chi connectivity index (χ0n) is 6.75. The number of nitrogens with one attached hydrogen (secondary N) is 1. The number of rotatable bonds is 1. The Balaban J connectivity index is 3.18. The highest BCUT2D eigenvalue weighted by molar-refractivity contribution is 5.89. The van der Waals surface area contributed by atoms with Gasteiger partial charge in [0, 0.05) is 11.9 Å². The van der Waals surface area contributed by atoms with E-state index in [2.05, 4.69) is 14.7 Å². The van der Waals surface area contributed by atoms with Gasteiger partial charge in [-0.05, 0) is 6.92 Å². The summed E-state index contributed by atoms with van der Waals surface area (Å²) in [6, 6.07) is 0. The van der Waals surface area contributed by atoms with Crippen molar-refractivity contribution >= 4 is 5.97 Å². The fourth-order valence-corrected chi connectivity index (χ4v) is 0.796. The Morgan fingerprint density at radius 3 is 2.83 bits per heavy atom. The molecule has 0 fully saturated rings. The molecule has 0 aromatic carbocycles. The van der Waals surface area contributed by atoms with Gasteiger partial charge in [0.05, 0.1) is 12.7 Å². The lowest BCUT2D eigenvalue weighted by molar-refractivity contribution is 0.0598. The van der Waals surface area contributed by atoms with Gasteiger partial charge in [0.2, 0.25) is 0 Å². The van der Waals surface area contributed by atoms with Gasteiger partial charge in [-0.25, -0.2) is 14.6 Å². The predicted octanol–water partition coefficient (Wildman–Crippen LogP) is -0.135. The summed E-state index contributed by atoms with van der Waals surface area (Å²) in [6.45, 7) is 1.61. The molecule has 12 heavy (non-hydrogen) atoms. The lowest BCUT2D eigenvalue weighted by Gasteiger charge is -2.00. The second-order valence-corrected chi connectivity index (χ2v) is 2.22. The van der Waals surface area contributed by atoms with Gasteiger partial charge in [-0.3, -0.25) is 0 Å². The maximum atomic E-state index is 11.0. The number of H-pyrrole nitrogens is 1. The normalized spacial score (nSPS) is 9.50. The third-order valence-corrected chi connectivity index (χ3v) is 1.41. The van der Waals surface area contributed by atoms with Crippen molar-refractivity contribution in [3.8, 4) is 0 Å². The van der Waals surface area contributed by atoms with Crippen LogP contribution in [0, 0.1) is 6.92 Å². The molecule has 0 aliphatic carbocycles. The molecule has 0 aliphatic heterocycles. The molecule has 0 aliphatic rings. The summed E-state index contributed by atoms with van der Waals surface area (Å²) in [5.41, 5.74) is 0.263. The quantitative estimate of drug-likeness (QED) is 0.592. The average Bonchev–Trinajstić information content (AvgIpc) is 2.03. The topological polar surface area (TPSA) is 72.0 Å². The van der Waals surface area contributed by atoms with Crippen LogP contribution in [0.5, 0.6) is 0 Å². The van der Waals surface area contributed by atoms with E-state index in [1.54, 1.807) is 6.92 Å². The lowest BCUT2D eigenvalue weighted by atomic mass is 10.2. The Morgan fingerprint density at radius 1 is 1.67 bits per heavy atom. The number of carbonyl (C=O) groups excluding carboxylic acids is 1. The molecule has 5 nitrogen and oxygen atoms in total. The Morgan fingerprint density at radius 2 is 2.33 bits per heavy atom. The number of esters is 1. The molecule has 64 valence electrons. The van der Waals surface area contributed by atoms with Crippen LogP contribution in [-0.2, 0) is 4.74 Å². The third kappa shape index (κ3) is 1.50. The van der Waals surface area contributed by atoms with E-state index in [9.17, 15) is 9.59 Å². The SMILES string of the molecule is COC(=O)c1cnc(=O)[nH]c1C. The lowest BCUT2D eigenvalue weighted by Crippen LogP contribution is -2.15. The van der Waals surface area contributed by atoms with E-state index in [0.717, 1.165) is 0 Å². The first-order chi connectivity index (χ1) is 5.65. The van der Waals surface area contributed by atoms with Gasteiger partial charge in [0.1, 0.15) is 0 Å². The van der Waals surface area contributed by atoms with Crippen molar-refractivity contribution in [2.75, 3.05) is 7.11 Å². The van der Waals surface area contributed by atoms with Gasteiger partial charge in [-0.2, -0.15) is 0 Å². The number of hydrogen-bond acceptors (Lipinski definition) is 4. The number of aromatic nitrogens is 2. The summed E-state index contributed by atoms with van der Waals surface area (Å²) >= 11 is 0. The number of aromatic amines is 1. The molecule has 0 radical (unpaired) electrons. The minimum atomic E-state index is -0.503. The van der Waals surface area contributed by atoms with Crippen LogP contribution in [0.15, 0.2) is 11.0 Å². The van der Waals surface area contributed by atoms with Crippen molar-refractivity contribution in [1.82, 2.24) is 9.97 Å². The predicted molar refractivity (Wildman–Crippen MR) is 40.9 cm³/mol. The first-order valence-electron chi connectivity index (χ1n) is 3.29. The zero-order chi connectivity index (χ0) is 9.14. The highest BCUT2D eigenvalue weighted by Crippen LogP contribution is 2.00. The standard InChI is InChI=1S/C7H8N2O3/c1-4-5(6(10)12-2)3-8-7(11)9-4/h3H,1-2H3,(H,8,9,11). The second kappa shape index (κ2) is 3.17. The maximum absolute atomic E-state index is 11.0. The Hall–Kier alpha value is -1.65. The number of hydrogen-bond donors (Lipinski definition) is 1. The van der Waals surface area contributed by atoms with Crippen molar-refractivity contribution in [2.24, 2.45) is 0 Å². The molecular weight excluding hydrogens is 160 g/mol. The number of nitrogens with zero attached hydrogens (tertiary/aromatic N) is 1. The van der Waals surface area contributed by atoms with Crippen LogP contribution in [0.25, 0.3) is 0 Å². The molecule has 0 saturated carbocycles. The number of carbonyl (C=O) groups is 1. The molecule has 0 spiro atoms. The average molecular weight is 168 g/mol. The van der Waals surface area contributed by atoms with Gasteiger partial charge < -0.3 is 9.72 Å². The molecule has 1 aromatic heterocycles. The summed E-state index contributed by atoms with van der Waals surface area (Å²) in [5, 5.41) is 0. The highest BCUT2D eigenvalue weighted by atomic mass is 16.5. The van der Waals surface area contributed by atoms with Crippen molar-refractivity contribution in [1.29, 1.82) is 0 Å². The molecule has 1 aromatic rings. The van der Waals surface area contributed by atoms with Gasteiger partial charge in [0.25, 0.3) is 0 Å². The number of ether oxygens (including phenoxy) is 1.